The molecular weight excluding hydrogens is 328 g/mol. The number of halogens is 2. The molecule has 1 unspecified atom stereocenters. The Balaban J connectivity index is 2.29. The lowest BCUT2D eigenvalue weighted by molar-refractivity contribution is 0.463. The summed E-state index contributed by atoms with van der Waals surface area (Å²) in [5.41, 5.74) is 1.59. The fourth-order valence-electron chi connectivity index (χ4n) is 1.89. The third-order valence-electron chi connectivity index (χ3n) is 2.86. The highest BCUT2D eigenvalue weighted by Gasteiger charge is 2.14. The molecule has 1 aromatic heterocycles. The van der Waals surface area contributed by atoms with Gasteiger partial charge in [-0.2, -0.15) is 0 Å². The van der Waals surface area contributed by atoms with E-state index < -0.39 is 0 Å². The van der Waals surface area contributed by atoms with Crippen LogP contribution in [0.1, 0.15) is 24.9 Å². The SMILES string of the molecule is CCC(Nc1cc(Br)cnc1Cl)c1ccccc1O. The summed E-state index contributed by atoms with van der Waals surface area (Å²) in [6.07, 6.45) is 2.47. The monoisotopic (exact) mass is 340 g/mol. The Morgan fingerprint density at radius 1 is 1.42 bits per heavy atom. The number of anilines is 1. The minimum Gasteiger partial charge on any atom is -0.508 e. The third-order valence-corrected chi connectivity index (χ3v) is 3.59. The smallest absolute Gasteiger partial charge is 0.152 e. The second-order valence-electron chi connectivity index (χ2n) is 4.16. The number of pyridine rings is 1. The van der Waals surface area contributed by atoms with Crippen LogP contribution in [0.4, 0.5) is 5.69 Å². The lowest BCUT2D eigenvalue weighted by Gasteiger charge is -2.20. The Kier molecular flexibility index (Phi) is 4.66. The van der Waals surface area contributed by atoms with E-state index >= 15 is 0 Å². The van der Waals surface area contributed by atoms with Gasteiger partial charge in [0, 0.05) is 16.2 Å². The summed E-state index contributed by atoms with van der Waals surface area (Å²) in [4.78, 5) is 4.08. The molecule has 0 radical (unpaired) electrons. The number of para-hydroxylation sites is 1. The number of nitrogens with one attached hydrogen (secondary N) is 1. The van der Waals surface area contributed by atoms with Gasteiger partial charge in [-0.05, 0) is 34.5 Å². The summed E-state index contributed by atoms with van der Waals surface area (Å²) >= 11 is 9.44. The molecule has 1 heterocycles. The standard InChI is InChI=1S/C14H14BrClN2O/c1-2-11(10-5-3-4-6-13(10)19)18-12-7-9(15)8-17-14(12)16/h3-8,11,18-19H,2H2,1H3. The Labute approximate surface area is 125 Å². The van der Waals surface area contributed by atoms with E-state index in [1.54, 1.807) is 18.3 Å². The number of phenols is 1. The summed E-state index contributed by atoms with van der Waals surface area (Å²) in [7, 11) is 0. The third kappa shape index (κ3) is 3.39. The first-order valence-corrected chi connectivity index (χ1v) is 7.14. The van der Waals surface area contributed by atoms with Gasteiger partial charge in [-0.25, -0.2) is 4.98 Å². The molecular formula is C14H14BrClN2O. The van der Waals surface area contributed by atoms with Crippen LogP contribution in [0.15, 0.2) is 41.0 Å². The highest BCUT2D eigenvalue weighted by molar-refractivity contribution is 9.10. The number of phenolic OH excluding ortho intramolecular Hbond substituents is 1. The molecule has 2 aromatic rings. The number of hydrogen-bond donors (Lipinski definition) is 2. The summed E-state index contributed by atoms with van der Waals surface area (Å²) in [5.74, 6) is 0.279. The Hall–Kier alpha value is -1.26. The summed E-state index contributed by atoms with van der Waals surface area (Å²) in [6, 6.07) is 9.14. The van der Waals surface area contributed by atoms with Crippen LogP contribution < -0.4 is 5.32 Å². The molecule has 3 nitrogen and oxygen atoms in total. The quantitative estimate of drug-likeness (QED) is 0.788. The molecule has 0 aliphatic heterocycles. The molecule has 100 valence electrons. The van der Waals surface area contributed by atoms with Crippen molar-refractivity contribution >= 4 is 33.2 Å². The number of hydrogen-bond acceptors (Lipinski definition) is 3. The van der Waals surface area contributed by atoms with Crippen LogP contribution in [0.5, 0.6) is 5.75 Å². The first-order valence-electron chi connectivity index (χ1n) is 5.97. The van der Waals surface area contributed by atoms with Crippen LogP contribution in [0.3, 0.4) is 0 Å². The van der Waals surface area contributed by atoms with Crippen LogP contribution in [0, 0.1) is 0 Å². The Morgan fingerprint density at radius 2 is 2.16 bits per heavy atom. The second kappa shape index (κ2) is 6.26. The number of nitrogens with zero attached hydrogens (tertiary/aromatic N) is 1. The first kappa shape index (κ1) is 14.2. The lowest BCUT2D eigenvalue weighted by Crippen LogP contribution is -2.10. The molecule has 0 aliphatic rings. The van der Waals surface area contributed by atoms with Crippen LogP contribution in [0.2, 0.25) is 5.15 Å². The molecule has 0 saturated carbocycles. The fraction of sp³-hybridized carbons (Fsp3) is 0.214. The summed E-state index contributed by atoms with van der Waals surface area (Å²) in [5, 5.41) is 13.6. The Morgan fingerprint density at radius 3 is 2.84 bits per heavy atom. The van der Waals surface area contributed by atoms with E-state index in [4.69, 9.17) is 11.6 Å². The highest BCUT2D eigenvalue weighted by atomic mass is 79.9. The van der Waals surface area contributed by atoms with Crippen molar-refractivity contribution in [1.82, 2.24) is 4.98 Å². The molecule has 5 heteroatoms. The molecule has 0 bridgehead atoms. The first-order chi connectivity index (χ1) is 9.11. The summed E-state index contributed by atoms with van der Waals surface area (Å²) < 4.78 is 0.853. The minimum absolute atomic E-state index is 0.0187. The van der Waals surface area contributed by atoms with Gasteiger partial charge in [0.2, 0.25) is 0 Å². The van der Waals surface area contributed by atoms with Crippen molar-refractivity contribution in [1.29, 1.82) is 0 Å². The van der Waals surface area contributed by atoms with E-state index in [2.05, 4.69) is 26.2 Å². The fourth-order valence-corrected chi connectivity index (χ4v) is 2.38. The number of benzene rings is 1. The van der Waals surface area contributed by atoms with Gasteiger partial charge in [-0.15, -0.1) is 0 Å². The van der Waals surface area contributed by atoms with Gasteiger partial charge >= 0.3 is 0 Å². The van der Waals surface area contributed by atoms with Crippen molar-refractivity contribution in [3.63, 3.8) is 0 Å². The average molecular weight is 342 g/mol. The van der Waals surface area contributed by atoms with Gasteiger partial charge < -0.3 is 10.4 Å². The minimum atomic E-state index is -0.0187. The van der Waals surface area contributed by atoms with Gasteiger partial charge in [-0.3, -0.25) is 0 Å². The molecule has 1 aromatic carbocycles. The largest absolute Gasteiger partial charge is 0.508 e. The van der Waals surface area contributed by atoms with Crippen molar-refractivity contribution in [2.75, 3.05) is 5.32 Å². The number of aromatic hydroxyl groups is 1. The van der Waals surface area contributed by atoms with Gasteiger partial charge in [0.25, 0.3) is 0 Å². The van der Waals surface area contributed by atoms with Crippen molar-refractivity contribution in [2.45, 2.75) is 19.4 Å². The number of aromatic nitrogens is 1. The van der Waals surface area contributed by atoms with Crippen LogP contribution in [0.25, 0.3) is 0 Å². The predicted octanol–water partition coefficient (Wildman–Crippen LogP) is 4.77. The molecule has 2 N–H and O–H groups in total. The number of rotatable bonds is 4. The molecule has 0 saturated heterocycles. The molecule has 0 aliphatic carbocycles. The lowest BCUT2D eigenvalue weighted by atomic mass is 10.0. The van der Waals surface area contributed by atoms with Crippen molar-refractivity contribution in [3.05, 3.63) is 51.7 Å². The van der Waals surface area contributed by atoms with E-state index in [0.717, 1.165) is 22.1 Å². The van der Waals surface area contributed by atoms with Crippen LogP contribution in [-0.4, -0.2) is 10.1 Å². The topological polar surface area (TPSA) is 45.2 Å². The van der Waals surface area contributed by atoms with Crippen molar-refractivity contribution < 1.29 is 5.11 Å². The van der Waals surface area contributed by atoms with E-state index in [-0.39, 0.29) is 11.8 Å². The zero-order valence-corrected chi connectivity index (χ0v) is 12.7. The molecule has 0 fully saturated rings. The average Bonchev–Trinajstić information content (AvgIpc) is 2.41. The molecule has 2 rings (SSSR count). The van der Waals surface area contributed by atoms with Crippen LogP contribution >= 0.6 is 27.5 Å². The van der Waals surface area contributed by atoms with Gasteiger partial charge in [0.15, 0.2) is 5.15 Å². The van der Waals surface area contributed by atoms with E-state index in [0.29, 0.717) is 5.15 Å². The van der Waals surface area contributed by atoms with Crippen LogP contribution in [-0.2, 0) is 0 Å². The highest BCUT2D eigenvalue weighted by Crippen LogP contribution is 2.32. The zero-order chi connectivity index (χ0) is 13.8. The maximum absolute atomic E-state index is 9.92. The van der Waals surface area contributed by atoms with Crippen molar-refractivity contribution in [3.8, 4) is 5.75 Å². The van der Waals surface area contributed by atoms with Gasteiger partial charge in [-0.1, -0.05) is 36.7 Å². The molecule has 1 atom stereocenters. The van der Waals surface area contributed by atoms with Gasteiger partial charge in [0.1, 0.15) is 5.75 Å². The zero-order valence-electron chi connectivity index (χ0n) is 10.4. The van der Waals surface area contributed by atoms with E-state index in [9.17, 15) is 5.11 Å². The second-order valence-corrected chi connectivity index (χ2v) is 5.43. The molecule has 0 spiro atoms. The van der Waals surface area contributed by atoms with E-state index in [1.807, 2.05) is 25.1 Å². The van der Waals surface area contributed by atoms with Gasteiger partial charge in [0.05, 0.1) is 11.7 Å². The van der Waals surface area contributed by atoms with Crippen molar-refractivity contribution in [2.24, 2.45) is 0 Å². The maximum atomic E-state index is 9.92. The normalized spacial score (nSPS) is 12.2. The molecule has 19 heavy (non-hydrogen) atoms. The maximum Gasteiger partial charge on any atom is 0.152 e. The Bertz CT molecular complexity index is 577. The summed E-state index contributed by atoms with van der Waals surface area (Å²) in [6.45, 7) is 2.05. The molecule has 0 amide bonds. The van der Waals surface area contributed by atoms with E-state index in [1.165, 1.54) is 0 Å². The predicted molar refractivity (Wildman–Crippen MR) is 81.7 cm³/mol.